The van der Waals surface area contributed by atoms with Crippen molar-refractivity contribution in [2.24, 2.45) is 5.92 Å². The van der Waals surface area contributed by atoms with Crippen molar-refractivity contribution in [2.45, 2.75) is 32.7 Å². The third kappa shape index (κ3) is 2.06. The lowest BCUT2D eigenvalue weighted by atomic mass is 9.74. The van der Waals surface area contributed by atoms with Crippen LogP contribution < -0.4 is 4.90 Å². The van der Waals surface area contributed by atoms with E-state index >= 15 is 0 Å². The number of fused-ring (bicyclic) bond motifs is 1. The Morgan fingerprint density at radius 1 is 1.00 bits per heavy atom. The summed E-state index contributed by atoms with van der Waals surface area (Å²) in [7, 11) is 0. The Kier molecular flexibility index (Phi) is 3.32. The summed E-state index contributed by atoms with van der Waals surface area (Å²) in [5.41, 5.74) is 2.95. The molecule has 1 heterocycles. The maximum absolute atomic E-state index is 13.1. The number of hydrogen-bond donors (Lipinski definition) is 0. The molecule has 0 spiro atoms. The number of hydrogen-bond acceptors (Lipinski definition) is 1. The van der Waals surface area contributed by atoms with E-state index in [2.05, 4.69) is 45.0 Å². The Labute approximate surface area is 126 Å². The van der Waals surface area contributed by atoms with Crippen LogP contribution in [0, 0.1) is 5.92 Å². The highest BCUT2D eigenvalue weighted by Crippen LogP contribution is 2.46. The third-order valence-corrected chi connectivity index (χ3v) is 4.78. The number of para-hydroxylation sites is 1. The Hall–Kier alpha value is -2.09. The van der Waals surface area contributed by atoms with Gasteiger partial charge in [-0.2, -0.15) is 0 Å². The zero-order chi connectivity index (χ0) is 15.0. The molecule has 1 aliphatic rings. The van der Waals surface area contributed by atoms with Crippen LogP contribution in [0.3, 0.4) is 0 Å². The number of carbonyl (C=O) groups excluding carboxylic acids is 1. The molecule has 108 valence electrons. The van der Waals surface area contributed by atoms with Crippen molar-refractivity contribution < 1.29 is 4.79 Å². The molecule has 0 fully saturated rings. The Balaban J connectivity index is 2.05. The second-order valence-electron chi connectivity index (χ2n) is 6.25. The summed E-state index contributed by atoms with van der Waals surface area (Å²) < 4.78 is 0. The van der Waals surface area contributed by atoms with Crippen LogP contribution in [-0.4, -0.2) is 5.91 Å². The molecule has 21 heavy (non-hydrogen) atoms. The van der Waals surface area contributed by atoms with Gasteiger partial charge in [0.1, 0.15) is 0 Å². The lowest BCUT2D eigenvalue weighted by Crippen LogP contribution is -2.41. The van der Waals surface area contributed by atoms with Crippen molar-refractivity contribution >= 4 is 11.6 Å². The number of amides is 1. The maximum Gasteiger partial charge on any atom is 0.238 e. The van der Waals surface area contributed by atoms with Crippen molar-refractivity contribution in [1.29, 1.82) is 0 Å². The number of benzene rings is 2. The van der Waals surface area contributed by atoms with E-state index in [4.69, 9.17) is 0 Å². The monoisotopic (exact) mass is 279 g/mol. The number of anilines is 1. The van der Waals surface area contributed by atoms with Crippen molar-refractivity contribution in [3.8, 4) is 0 Å². The summed E-state index contributed by atoms with van der Waals surface area (Å²) in [6.07, 6.45) is 0. The predicted octanol–water partition coefficient (Wildman–Crippen LogP) is 4.15. The van der Waals surface area contributed by atoms with Crippen LogP contribution in [0.5, 0.6) is 0 Å². The van der Waals surface area contributed by atoms with Crippen LogP contribution in [0.15, 0.2) is 54.6 Å². The molecule has 0 saturated carbocycles. The van der Waals surface area contributed by atoms with E-state index in [9.17, 15) is 4.79 Å². The topological polar surface area (TPSA) is 20.3 Å². The summed E-state index contributed by atoms with van der Waals surface area (Å²) in [5, 5.41) is 0. The molecule has 1 amide bonds. The average molecular weight is 279 g/mol. The van der Waals surface area contributed by atoms with Crippen LogP contribution in [-0.2, 0) is 16.8 Å². The van der Waals surface area contributed by atoms with E-state index in [1.807, 2.05) is 35.2 Å². The van der Waals surface area contributed by atoms with Gasteiger partial charge in [-0.3, -0.25) is 4.79 Å². The first-order valence-electron chi connectivity index (χ1n) is 7.50. The lowest BCUT2D eigenvalue weighted by Gasteiger charge is -2.28. The second-order valence-corrected chi connectivity index (χ2v) is 6.25. The summed E-state index contributed by atoms with van der Waals surface area (Å²) in [5.74, 6) is 0.481. The first-order valence-corrected chi connectivity index (χ1v) is 7.50. The van der Waals surface area contributed by atoms with Gasteiger partial charge in [0.15, 0.2) is 0 Å². The van der Waals surface area contributed by atoms with E-state index in [1.165, 1.54) is 0 Å². The first kappa shape index (κ1) is 13.9. The van der Waals surface area contributed by atoms with Gasteiger partial charge in [0.2, 0.25) is 5.91 Å². The molecule has 0 saturated heterocycles. The summed E-state index contributed by atoms with van der Waals surface area (Å²) in [6, 6.07) is 18.4. The van der Waals surface area contributed by atoms with Crippen molar-refractivity contribution in [1.82, 2.24) is 0 Å². The first-order chi connectivity index (χ1) is 10.0. The Morgan fingerprint density at radius 3 is 2.29 bits per heavy atom. The molecule has 0 aliphatic carbocycles. The molecule has 0 aromatic heterocycles. The third-order valence-electron chi connectivity index (χ3n) is 4.78. The van der Waals surface area contributed by atoms with Gasteiger partial charge >= 0.3 is 0 Å². The summed E-state index contributed by atoms with van der Waals surface area (Å²) in [4.78, 5) is 15.0. The van der Waals surface area contributed by atoms with Crippen LogP contribution in [0.25, 0.3) is 0 Å². The van der Waals surface area contributed by atoms with E-state index in [-0.39, 0.29) is 11.8 Å². The van der Waals surface area contributed by atoms with Gasteiger partial charge in [0.05, 0.1) is 12.0 Å². The van der Waals surface area contributed by atoms with Gasteiger partial charge < -0.3 is 4.90 Å². The highest BCUT2D eigenvalue weighted by atomic mass is 16.2. The van der Waals surface area contributed by atoms with Crippen molar-refractivity contribution in [2.75, 3.05) is 4.90 Å². The number of nitrogens with zero attached hydrogens (tertiary/aromatic N) is 1. The fourth-order valence-corrected chi connectivity index (χ4v) is 3.13. The molecule has 2 aromatic rings. The van der Waals surface area contributed by atoms with Crippen LogP contribution in [0.4, 0.5) is 5.69 Å². The lowest BCUT2D eigenvalue weighted by molar-refractivity contribution is -0.124. The molecule has 1 aliphatic heterocycles. The highest BCUT2D eigenvalue weighted by molar-refractivity contribution is 6.07. The minimum Gasteiger partial charge on any atom is -0.307 e. The Morgan fingerprint density at radius 2 is 1.62 bits per heavy atom. The second kappa shape index (κ2) is 5.03. The molecular weight excluding hydrogens is 258 g/mol. The maximum atomic E-state index is 13.1. The highest BCUT2D eigenvalue weighted by Gasteiger charge is 2.48. The minimum absolute atomic E-state index is 0.211. The number of rotatable bonds is 3. The van der Waals surface area contributed by atoms with E-state index < -0.39 is 5.41 Å². The molecule has 1 atom stereocenters. The smallest absolute Gasteiger partial charge is 0.238 e. The molecule has 1 unspecified atom stereocenters. The SMILES string of the molecule is CC(C)C1(C)C(=O)N(Cc2ccccc2)c2ccccc21. The van der Waals surface area contributed by atoms with Gasteiger partial charge in [0.25, 0.3) is 0 Å². The van der Waals surface area contributed by atoms with Crippen LogP contribution >= 0.6 is 0 Å². The van der Waals surface area contributed by atoms with Gasteiger partial charge in [-0.05, 0) is 30.0 Å². The summed E-state index contributed by atoms with van der Waals surface area (Å²) in [6.45, 7) is 6.96. The quantitative estimate of drug-likeness (QED) is 0.826. The standard InChI is InChI=1S/C19H21NO/c1-14(2)19(3)16-11-7-8-12-17(16)20(18(19)21)13-15-9-5-4-6-10-15/h4-12,14H,13H2,1-3H3. The number of carbonyl (C=O) groups is 1. The van der Waals surface area contributed by atoms with Crippen LogP contribution in [0.1, 0.15) is 31.9 Å². The van der Waals surface area contributed by atoms with E-state index in [0.717, 1.165) is 16.8 Å². The zero-order valence-electron chi connectivity index (χ0n) is 12.8. The molecule has 3 rings (SSSR count). The molecule has 0 bridgehead atoms. The van der Waals surface area contributed by atoms with E-state index in [1.54, 1.807) is 0 Å². The molecule has 2 heteroatoms. The predicted molar refractivity (Wildman–Crippen MR) is 86.3 cm³/mol. The average Bonchev–Trinajstić information content (AvgIpc) is 2.72. The largest absolute Gasteiger partial charge is 0.307 e. The molecule has 2 nitrogen and oxygen atoms in total. The summed E-state index contributed by atoms with van der Waals surface area (Å²) >= 11 is 0. The van der Waals surface area contributed by atoms with Gasteiger partial charge in [-0.25, -0.2) is 0 Å². The van der Waals surface area contributed by atoms with Crippen molar-refractivity contribution in [3.63, 3.8) is 0 Å². The Bertz CT molecular complexity index is 662. The van der Waals surface area contributed by atoms with Gasteiger partial charge in [0, 0.05) is 5.69 Å². The van der Waals surface area contributed by atoms with Crippen LogP contribution in [0.2, 0.25) is 0 Å². The van der Waals surface area contributed by atoms with Gasteiger partial charge in [-0.15, -0.1) is 0 Å². The fourth-order valence-electron chi connectivity index (χ4n) is 3.13. The zero-order valence-corrected chi connectivity index (χ0v) is 12.8. The van der Waals surface area contributed by atoms with E-state index in [0.29, 0.717) is 6.54 Å². The molecule has 0 radical (unpaired) electrons. The molecule has 0 N–H and O–H groups in total. The van der Waals surface area contributed by atoms with Gasteiger partial charge in [-0.1, -0.05) is 62.4 Å². The minimum atomic E-state index is -0.425. The fraction of sp³-hybridized carbons (Fsp3) is 0.316. The normalized spacial score (nSPS) is 21.0. The molecular formula is C19H21NO. The molecule has 2 aromatic carbocycles. The van der Waals surface area contributed by atoms with Crippen molar-refractivity contribution in [3.05, 3.63) is 65.7 Å².